The molecule has 2 aliphatic heterocycles. The minimum Gasteiger partial charge on any atom is -0.493 e. The van der Waals surface area contributed by atoms with Crippen molar-refractivity contribution in [3.63, 3.8) is 0 Å². The van der Waals surface area contributed by atoms with E-state index in [2.05, 4.69) is 11.4 Å². The molecule has 0 aromatic heterocycles. The quantitative estimate of drug-likeness (QED) is 0.823. The van der Waals surface area contributed by atoms with Gasteiger partial charge >= 0.3 is 5.97 Å². The Hall–Kier alpha value is -1.55. The summed E-state index contributed by atoms with van der Waals surface area (Å²) in [5, 5.41) is 12.4. The molecule has 96 valence electrons. The first-order valence-corrected chi connectivity index (χ1v) is 6.40. The number of para-hydroxylation sites is 1. The summed E-state index contributed by atoms with van der Waals surface area (Å²) < 4.78 is 5.76. The number of ether oxygens (including phenoxy) is 1. The first-order chi connectivity index (χ1) is 8.75. The molecule has 0 bridgehead atoms. The summed E-state index contributed by atoms with van der Waals surface area (Å²) in [5.74, 6) is 0.464. The Labute approximate surface area is 106 Å². The Bertz CT molecular complexity index is 460. The minimum absolute atomic E-state index is 0.177. The van der Waals surface area contributed by atoms with Gasteiger partial charge in [0, 0.05) is 12.5 Å². The lowest BCUT2D eigenvalue weighted by Crippen LogP contribution is -2.35. The standard InChI is InChI=1S/C14H17NO3/c16-14(17)12-7-15-6-11(12)10-5-9-3-1-2-4-13(9)18-8-10/h1-4,10-12,15H,5-8H2,(H,16,17). The molecule has 4 heteroatoms. The van der Waals surface area contributed by atoms with Gasteiger partial charge in [-0.15, -0.1) is 0 Å². The molecular formula is C14H17NO3. The van der Waals surface area contributed by atoms with Gasteiger partial charge in [-0.1, -0.05) is 18.2 Å². The molecule has 2 aliphatic rings. The molecule has 0 saturated carbocycles. The van der Waals surface area contributed by atoms with Gasteiger partial charge in [-0.2, -0.15) is 0 Å². The lowest BCUT2D eigenvalue weighted by atomic mass is 9.80. The highest BCUT2D eigenvalue weighted by Crippen LogP contribution is 2.34. The summed E-state index contributed by atoms with van der Waals surface area (Å²) in [5.41, 5.74) is 1.20. The molecule has 1 aromatic carbocycles. The fourth-order valence-corrected chi connectivity index (χ4v) is 3.09. The van der Waals surface area contributed by atoms with Crippen molar-refractivity contribution in [3.05, 3.63) is 29.8 Å². The van der Waals surface area contributed by atoms with Gasteiger partial charge in [-0.3, -0.25) is 4.79 Å². The van der Waals surface area contributed by atoms with E-state index in [1.165, 1.54) is 5.56 Å². The zero-order chi connectivity index (χ0) is 12.5. The van der Waals surface area contributed by atoms with E-state index in [1.807, 2.05) is 18.2 Å². The van der Waals surface area contributed by atoms with E-state index in [0.29, 0.717) is 19.1 Å². The second-order valence-corrected chi connectivity index (χ2v) is 5.15. The average Bonchev–Trinajstić information content (AvgIpc) is 2.87. The Morgan fingerprint density at radius 3 is 3.00 bits per heavy atom. The molecule has 1 aromatic rings. The average molecular weight is 247 g/mol. The van der Waals surface area contributed by atoms with Gasteiger partial charge in [-0.25, -0.2) is 0 Å². The number of carboxylic acids is 1. The van der Waals surface area contributed by atoms with Crippen LogP contribution >= 0.6 is 0 Å². The molecule has 2 N–H and O–H groups in total. The van der Waals surface area contributed by atoms with E-state index in [1.54, 1.807) is 0 Å². The Balaban J connectivity index is 1.77. The molecule has 0 aliphatic carbocycles. The number of nitrogens with one attached hydrogen (secondary N) is 1. The van der Waals surface area contributed by atoms with E-state index in [4.69, 9.17) is 4.74 Å². The highest BCUT2D eigenvalue weighted by atomic mass is 16.5. The molecule has 0 spiro atoms. The van der Waals surface area contributed by atoms with E-state index >= 15 is 0 Å². The topological polar surface area (TPSA) is 58.6 Å². The van der Waals surface area contributed by atoms with Crippen molar-refractivity contribution in [2.24, 2.45) is 17.8 Å². The van der Waals surface area contributed by atoms with Gasteiger partial charge in [0.25, 0.3) is 0 Å². The third-order valence-corrected chi connectivity index (χ3v) is 4.09. The molecule has 2 heterocycles. The summed E-state index contributed by atoms with van der Waals surface area (Å²) >= 11 is 0. The van der Waals surface area contributed by atoms with Crippen LogP contribution in [0.4, 0.5) is 0 Å². The molecule has 18 heavy (non-hydrogen) atoms. The number of hydrogen-bond acceptors (Lipinski definition) is 3. The van der Waals surface area contributed by atoms with Crippen LogP contribution in [0.5, 0.6) is 5.75 Å². The smallest absolute Gasteiger partial charge is 0.308 e. The Kier molecular flexibility index (Phi) is 2.96. The third kappa shape index (κ3) is 1.97. The van der Waals surface area contributed by atoms with Gasteiger partial charge in [0.1, 0.15) is 5.75 Å². The maximum Gasteiger partial charge on any atom is 0.308 e. The molecule has 4 nitrogen and oxygen atoms in total. The number of aliphatic carboxylic acids is 1. The van der Waals surface area contributed by atoms with Crippen LogP contribution in [0.1, 0.15) is 5.56 Å². The minimum atomic E-state index is -0.691. The van der Waals surface area contributed by atoms with Gasteiger partial charge in [-0.05, 0) is 30.5 Å². The molecule has 3 unspecified atom stereocenters. The van der Waals surface area contributed by atoms with Crippen LogP contribution in [-0.2, 0) is 11.2 Å². The maximum absolute atomic E-state index is 11.2. The van der Waals surface area contributed by atoms with Crippen LogP contribution in [0.2, 0.25) is 0 Å². The predicted octanol–water partition coefficient (Wildman–Crippen LogP) is 1.16. The molecule has 0 radical (unpaired) electrons. The summed E-state index contributed by atoms with van der Waals surface area (Å²) in [4.78, 5) is 11.2. The number of hydrogen-bond donors (Lipinski definition) is 2. The molecule has 3 rings (SSSR count). The SMILES string of the molecule is O=C(O)C1CNCC1C1COc2ccccc2C1. The molecular weight excluding hydrogens is 230 g/mol. The Morgan fingerprint density at radius 1 is 1.33 bits per heavy atom. The predicted molar refractivity (Wildman–Crippen MR) is 66.6 cm³/mol. The van der Waals surface area contributed by atoms with Crippen molar-refractivity contribution < 1.29 is 14.6 Å². The van der Waals surface area contributed by atoms with E-state index < -0.39 is 5.97 Å². The summed E-state index contributed by atoms with van der Waals surface area (Å²) in [6.07, 6.45) is 0.923. The number of carboxylic acid groups (broad SMARTS) is 1. The van der Waals surface area contributed by atoms with Crippen LogP contribution in [0.3, 0.4) is 0 Å². The highest BCUT2D eigenvalue weighted by Gasteiger charge is 2.39. The zero-order valence-corrected chi connectivity index (χ0v) is 10.1. The molecule has 0 amide bonds. The van der Waals surface area contributed by atoms with Crippen molar-refractivity contribution in [1.29, 1.82) is 0 Å². The van der Waals surface area contributed by atoms with Crippen molar-refractivity contribution in [1.82, 2.24) is 5.32 Å². The summed E-state index contributed by atoms with van der Waals surface area (Å²) in [6, 6.07) is 8.02. The van der Waals surface area contributed by atoms with Crippen molar-refractivity contribution in [2.75, 3.05) is 19.7 Å². The van der Waals surface area contributed by atoms with Crippen molar-refractivity contribution in [3.8, 4) is 5.75 Å². The van der Waals surface area contributed by atoms with Crippen LogP contribution in [-0.4, -0.2) is 30.8 Å². The molecule has 3 atom stereocenters. The van der Waals surface area contributed by atoms with Crippen molar-refractivity contribution in [2.45, 2.75) is 6.42 Å². The summed E-state index contributed by atoms with van der Waals surface area (Å²) in [6.45, 7) is 2.00. The van der Waals surface area contributed by atoms with Crippen LogP contribution in [0.25, 0.3) is 0 Å². The second-order valence-electron chi connectivity index (χ2n) is 5.15. The number of carbonyl (C=O) groups is 1. The van der Waals surface area contributed by atoms with Gasteiger partial charge in [0.05, 0.1) is 12.5 Å². The molecule has 1 fully saturated rings. The van der Waals surface area contributed by atoms with E-state index in [-0.39, 0.29) is 11.8 Å². The second kappa shape index (κ2) is 4.61. The van der Waals surface area contributed by atoms with Crippen LogP contribution < -0.4 is 10.1 Å². The number of rotatable bonds is 2. The van der Waals surface area contributed by atoms with E-state index in [9.17, 15) is 9.90 Å². The van der Waals surface area contributed by atoms with Gasteiger partial charge in [0.15, 0.2) is 0 Å². The monoisotopic (exact) mass is 247 g/mol. The lowest BCUT2D eigenvalue weighted by Gasteiger charge is -2.31. The first-order valence-electron chi connectivity index (χ1n) is 6.40. The number of fused-ring (bicyclic) bond motifs is 1. The first kappa shape index (κ1) is 11.5. The third-order valence-electron chi connectivity index (χ3n) is 4.09. The highest BCUT2D eigenvalue weighted by molar-refractivity contribution is 5.71. The maximum atomic E-state index is 11.2. The van der Waals surface area contributed by atoms with Crippen LogP contribution in [0, 0.1) is 17.8 Å². The fraction of sp³-hybridized carbons (Fsp3) is 0.500. The lowest BCUT2D eigenvalue weighted by molar-refractivity contribution is -0.143. The largest absolute Gasteiger partial charge is 0.493 e. The molecule has 1 saturated heterocycles. The normalized spacial score (nSPS) is 30.6. The van der Waals surface area contributed by atoms with Gasteiger partial charge in [0.2, 0.25) is 0 Å². The summed E-state index contributed by atoms with van der Waals surface area (Å²) in [7, 11) is 0. The zero-order valence-electron chi connectivity index (χ0n) is 10.1. The van der Waals surface area contributed by atoms with Gasteiger partial charge < -0.3 is 15.2 Å². The van der Waals surface area contributed by atoms with Crippen LogP contribution in [0.15, 0.2) is 24.3 Å². The number of benzene rings is 1. The fourth-order valence-electron chi connectivity index (χ4n) is 3.09. The van der Waals surface area contributed by atoms with E-state index in [0.717, 1.165) is 18.7 Å². The van der Waals surface area contributed by atoms with Crippen molar-refractivity contribution >= 4 is 5.97 Å². The Morgan fingerprint density at radius 2 is 2.17 bits per heavy atom.